The lowest BCUT2D eigenvalue weighted by molar-refractivity contribution is 0.103. The number of nitrogens with two attached hydrogens (primary N) is 1. The molecule has 21 heavy (non-hydrogen) atoms. The molecule has 0 saturated heterocycles. The molecule has 0 bridgehead atoms. The summed E-state index contributed by atoms with van der Waals surface area (Å²) in [5, 5.41) is 0. The number of carbonyl (C=O) groups is 1. The van der Waals surface area contributed by atoms with Gasteiger partial charge in [-0.2, -0.15) is 0 Å². The summed E-state index contributed by atoms with van der Waals surface area (Å²) in [4.78, 5) is 12.3. The van der Waals surface area contributed by atoms with Gasteiger partial charge in [0.25, 0.3) is 0 Å². The van der Waals surface area contributed by atoms with E-state index in [0.717, 1.165) is 12.1 Å². The number of ketones is 1. The predicted molar refractivity (Wildman–Crippen MR) is 71.6 cm³/mol. The molecular weight excluding hydrogens is 280 g/mol. The van der Waals surface area contributed by atoms with Crippen molar-refractivity contribution in [2.45, 2.75) is 0 Å². The van der Waals surface area contributed by atoms with Gasteiger partial charge in [-0.3, -0.25) is 4.79 Å². The van der Waals surface area contributed by atoms with Crippen molar-refractivity contribution >= 4 is 11.5 Å². The Morgan fingerprint density at radius 1 is 1.05 bits per heavy atom. The van der Waals surface area contributed by atoms with E-state index in [-0.39, 0.29) is 5.56 Å². The van der Waals surface area contributed by atoms with Crippen molar-refractivity contribution in [1.82, 2.24) is 0 Å². The Hall–Kier alpha value is -2.63. The summed E-state index contributed by atoms with van der Waals surface area (Å²) in [5.74, 6) is -1.46. The quantitative estimate of drug-likeness (QED) is 0.682. The number of benzene rings is 2. The van der Waals surface area contributed by atoms with Crippen molar-refractivity contribution < 1.29 is 23.0 Å². The summed E-state index contributed by atoms with van der Waals surface area (Å²) in [6.45, 7) is 0.793. The molecule has 0 spiro atoms. The Morgan fingerprint density at radius 2 is 1.76 bits per heavy atom. The summed E-state index contributed by atoms with van der Waals surface area (Å²) < 4.78 is 37.9. The van der Waals surface area contributed by atoms with Gasteiger partial charge in [-0.25, -0.2) is 8.78 Å². The van der Waals surface area contributed by atoms with E-state index in [0.29, 0.717) is 24.7 Å². The fraction of sp³-hybridized carbons (Fsp3) is 0.133. The average molecular weight is 291 g/mol. The number of hydrogen-bond donors (Lipinski definition) is 1. The zero-order valence-electron chi connectivity index (χ0n) is 10.9. The molecule has 0 radical (unpaired) electrons. The van der Waals surface area contributed by atoms with E-state index >= 15 is 0 Å². The van der Waals surface area contributed by atoms with Gasteiger partial charge in [0, 0.05) is 5.56 Å². The highest BCUT2D eigenvalue weighted by Crippen LogP contribution is 2.32. The molecule has 108 valence electrons. The van der Waals surface area contributed by atoms with Crippen LogP contribution in [0.5, 0.6) is 11.5 Å². The minimum atomic E-state index is -0.934. The first-order valence-corrected chi connectivity index (χ1v) is 6.25. The van der Waals surface area contributed by atoms with Crippen molar-refractivity contribution in [3.63, 3.8) is 0 Å². The zero-order valence-corrected chi connectivity index (χ0v) is 10.9. The predicted octanol–water partition coefficient (Wildman–Crippen LogP) is 2.55. The molecule has 2 aromatic carbocycles. The van der Waals surface area contributed by atoms with E-state index in [4.69, 9.17) is 15.2 Å². The Kier molecular flexibility index (Phi) is 3.21. The van der Waals surface area contributed by atoms with Gasteiger partial charge in [0.05, 0.1) is 11.3 Å². The van der Waals surface area contributed by atoms with Crippen LogP contribution < -0.4 is 15.2 Å². The summed E-state index contributed by atoms with van der Waals surface area (Å²) in [6, 6.07) is 6.12. The molecule has 3 rings (SSSR count). The normalized spacial score (nSPS) is 13.0. The third-order valence-electron chi connectivity index (χ3n) is 3.11. The first-order chi connectivity index (χ1) is 10.1. The second-order valence-corrected chi connectivity index (χ2v) is 4.54. The maximum absolute atomic E-state index is 13.9. The van der Waals surface area contributed by atoms with Crippen molar-refractivity contribution in [2.75, 3.05) is 18.9 Å². The van der Waals surface area contributed by atoms with Gasteiger partial charge >= 0.3 is 0 Å². The lowest BCUT2D eigenvalue weighted by atomic mass is 10.0. The van der Waals surface area contributed by atoms with Crippen LogP contribution in [0.4, 0.5) is 14.5 Å². The third-order valence-corrected chi connectivity index (χ3v) is 3.11. The maximum atomic E-state index is 13.9. The monoisotopic (exact) mass is 291 g/mol. The first kappa shape index (κ1) is 13.4. The second kappa shape index (κ2) is 5.05. The smallest absolute Gasteiger partial charge is 0.196 e. The minimum absolute atomic E-state index is 0.170. The van der Waals surface area contributed by atoms with Crippen LogP contribution >= 0.6 is 0 Å². The highest BCUT2D eigenvalue weighted by Gasteiger charge is 2.20. The number of halogens is 2. The Morgan fingerprint density at radius 3 is 2.52 bits per heavy atom. The molecule has 6 heteroatoms. The third kappa shape index (κ3) is 2.40. The minimum Gasteiger partial charge on any atom is -0.486 e. The van der Waals surface area contributed by atoms with Crippen LogP contribution in [0.3, 0.4) is 0 Å². The first-order valence-electron chi connectivity index (χ1n) is 6.25. The molecule has 0 unspecified atom stereocenters. The largest absolute Gasteiger partial charge is 0.486 e. The molecule has 0 saturated carbocycles. The van der Waals surface area contributed by atoms with Gasteiger partial charge in [-0.15, -0.1) is 0 Å². The molecule has 0 aromatic heterocycles. The van der Waals surface area contributed by atoms with Crippen LogP contribution in [-0.2, 0) is 0 Å². The highest BCUT2D eigenvalue weighted by atomic mass is 19.1. The maximum Gasteiger partial charge on any atom is 0.196 e. The van der Waals surface area contributed by atoms with Gasteiger partial charge < -0.3 is 15.2 Å². The number of hydrogen-bond acceptors (Lipinski definition) is 4. The van der Waals surface area contributed by atoms with E-state index in [1.807, 2.05) is 0 Å². The Labute approximate surface area is 119 Å². The van der Waals surface area contributed by atoms with Crippen LogP contribution in [0.25, 0.3) is 0 Å². The second-order valence-electron chi connectivity index (χ2n) is 4.54. The van der Waals surface area contributed by atoms with Crippen molar-refractivity contribution in [1.29, 1.82) is 0 Å². The number of nitrogen functional groups attached to an aromatic ring is 1. The molecule has 1 aliphatic rings. The number of fused-ring (bicyclic) bond motifs is 1. The van der Waals surface area contributed by atoms with Crippen LogP contribution in [0.1, 0.15) is 15.9 Å². The van der Waals surface area contributed by atoms with E-state index in [2.05, 4.69) is 0 Å². The molecule has 0 amide bonds. The lowest BCUT2D eigenvalue weighted by Crippen LogP contribution is -2.16. The standard InChI is InChI=1S/C15H11F2NO3/c16-9-6-10(14(17)11(18)7-9)15(19)8-1-2-12-13(5-8)21-4-3-20-12/h1-2,5-7H,3-4,18H2. The number of anilines is 1. The van der Waals surface area contributed by atoms with E-state index in [9.17, 15) is 13.6 Å². The van der Waals surface area contributed by atoms with E-state index < -0.39 is 28.7 Å². The van der Waals surface area contributed by atoms with Crippen LogP contribution in [0.2, 0.25) is 0 Å². The van der Waals surface area contributed by atoms with Gasteiger partial charge in [0.15, 0.2) is 23.1 Å². The van der Waals surface area contributed by atoms with Gasteiger partial charge in [0.2, 0.25) is 0 Å². The van der Waals surface area contributed by atoms with Crippen molar-refractivity contribution in [2.24, 2.45) is 0 Å². The highest BCUT2D eigenvalue weighted by molar-refractivity contribution is 6.10. The number of rotatable bonds is 2. The number of ether oxygens (including phenoxy) is 2. The summed E-state index contributed by atoms with van der Waals surface area (Å²) >= 11 is 0. The average Bonchev–Trinajstić information content (AvgIpc) is 2.49. The summed E-state index contributed by atoms with van der Waals surface area (Å²) in [5.41, 5.74) is 4.69. The number of carbonyl (C=O) groups excluding carboxylic acids is 1. The zero-order chi connectivity index (χ0) is 15.0. The van der Waals surface area contributed by atoms with Crippen LogP contribution in [0, 0.1) is 11.6 Å². The Bertz CT molecular complexity index is 731. The van der Waals surface area contributed by atoms with Crippen molar-refractivity contribution in [3.05, 3.63) is 53.1 Å². The molecule has 0 atom stereocenters. The van der Waals surface area contributed by atoms with E-state index in [1.54, 1.807) is 6.07 Å². The molecule has 1 aliphatic heterocycles. The fourth-order valence-corrected chi connectivity index (χ4v) is 2.12. The fourth-order valence-electron chi connectivity index (χ4n) is 2.12. The SMILES string of the molecule is Nc1cc(F)cc(C(=O)c2ccc3c(c2)OCCO3)c1F. The summed E-state index contributed by atoms with van der Waals surface area (Å²) in [7, 11) is 0. The van der Waals surface area contributed by atoms with Crippen LogP contribution in [-0.4, -0.2) is 19.0 Å². The molecule has 2 N–H and O–H groups in total. The molecule has 1 heterocycles. The van der Waals surface area contributed by atoms with E-state index in [1.165, 1.54) is 12.1 Å². The molecule has 0 aliphatic carbocycles. The lowest BCUT2D eigenvalue weighted by Gasteiger charge is -2.18. The summed E-state index contributed by atoms with van der Waals surface area (Å²) in [6.07, 6.45) is 0. The van der Waals surface area contributed by atoms with Gasteiger partial charge in [-0.1, -0.05) is 0 Å². The van der Waals surface area contributed by atoms with Crippen LogP contribution in [0.15, 0.2) is 30.3 Å². The van der Waals surface area contributed by atoms with Gasteiger partial charge in [0.1, 0.15) is 19.0 Å². The Balaban J connectivity index is 2.03. The molecule has 2 aromatic rings. The van der Waals surface area contributed by atoms with Crippen molar-refractivity contribution in [3.8, 4) is 11.5 Å². The van der Waals surface area contributed by atoms with Gasteiger partial charge in [-0.05, 0) is 30.3 Å². The molecule has 4 nitrogen and oxygen atoms in total. The molecular formula is C15H11F2NO3. The molecule has 0 fully saturated rings. The topological polar surface area (TPSA) is 61.6 Å².